The Morgan fingerprint density at radius 1 is 0.765 bits per heavy atom. The Labute approximate surface area is 581 Å². The molecule has 29 heteroatoms. The Kier molecular flexibility index (Phi) is 40.8. The molecule has 3 heterocycles. The number of hydrogen-bond acceptors (Lipinski definition) is 22. The Balaban J connectivity index is 1.09. The molecule has 1 spiro atoms. The van der Waals surface area contributed by atoms with Gasteiger partial charge in [-0.1, -0.05) is 56.7 Å². The standard InChI is InChI=1S/C69H109N7O21S/c1-46(2)64(76-62(81)23-27-87-29-31-89-33-35-91-37-38-92-36-34-90-32-30-88-28-26-71-63(82)44-98-8)58(79)40-53(11-9-24-72-67(70)85)66(84)74-54-18-16-52(17-19-54)43-93-68(86)73-25-10-12-55(78)41-56-42-69(45-94-69)65(83)60(97-56)21-14-47(3)13-20-59-48(4)39-57(50(6)96-59)75-61(80)22-15-49(5)95-51(7)77/h13-19,21-22,46,48-50,53,56-57,59-60,64-65,83H,9-12,20,23-45H2,1-8H3,(H,71,82)(H,73,86)(H,74,84)(H,75,80)(H,76,81)(H3,70,72,85)/b21-14+,22-15-,47-13+/t48-,49-,50+,53+,56+,57+,59-,60+,64-,65+,69+/m0/s1. The Morgan fingerprint density at radius 3 is 1.99 bits per heavy atom. The summed E-state index contributed by atoms with van der Waals surface area (Å²) in [6.45, 7) is 17.9. The van der Waals surface area contributed by atoms with Crippen LogP contribution in [0.1, 0.15) is 118 Å². The number of esters is 1. The first kappa shape index (κ1) is 84.0. The fourth-order valence-electron chi connectivity index (χ4n) is 10.8. The lowest BCUT2D eigenvalue weighted by Gasteiger charge is -2.39. The minimum atomic E-state index is -0.914. The van der Waals surface area contributed by atoms with E-state index in [2.05, 4.69) is 44.9 Å². The zero-order valence-corrected chi connectivity index (χ0v) is 59.3. The van der Waals surface area contributed by atoms with E-state index in [4.69, 9.17) is 57.8 Å². The topological polar surface area (TPSA) is 377 Å². The van der Waals surface area contributed by atoms with E-state index in [1.54, 1.807) is 51.1 Å². The third-order valence-electron chi connectivity index (χ3n) is 16.2. The van der Waals surface area contributed by atoms with Crippen LogP contribution in [0.4, 0.5) is 15.3 Å². The average molecular weight is 1400 g/mol. The number of thioether (sulfide) groups is 1. The average Bonchev–Trinajstić information content (AvgIpc) is 1.60. The highest BCUT2D eigenvalue weighted by Gasteiger charge is 2.58. The summed E-state index contributed by atoms with van der Waals surface area (Å²) in [4.78, 5) is 113. The smallest absolute Gasteiger partial charge is 0.407 e. The third kappa shape index (κ3) is 35.6. The van der Waals surface area contributed by atoms with Crippen molar-refractivity contribution >= 4 is 70.7 Å². The second kappa shape index (κ2) is 47.6. The summed E-state index contributed by atoms with van der Waals surface area (Å²) in [6, 6.07) is 4.83. The minimum Gasteiger partial charge on any atom is -0.459 e. The molecule has 0 aliphatic carbocycles. The van der Waals surface area contributed by atoms with Crippen LogP contribution >= 0.6 is 11.8 Å². The van der Waals surface area contributed by atoms with Gasteiger partial charge in [0.15, 0.2) is 5.78 Å². The van der Waals surface area contributed by atoms with Crippen LogP contribution in [0.15, 0.2) is 60.2 Å². The molecule has 0 aromatic heterocycles. The summed E-state index contributed by atoms with van der Waals surface area (Å²) in [5.74, 6) is -2.51. The lowest BCUT2D eigenvalue weighted by molar-refractivity contribution is -0.144. The van der Waals surface area contributed by atoms with E-state index in [-0.39, 0.29) is 125 Å². The number of nitrogens with one attached hydrogen (secondary N) is 6. The van der Waals surface area contributed by atoms with Gasteiger partial charge >= 0.3 is 18.1 Å². The van der Waals surface area contributed by atoms with Gasteiger partial charge in [-0.3, -0.25) is 33.6 Å². The van der Waals surface area contributed by atoms with E-state index < -0.39 is 71.9 Å². The van der Waals surface area contributed by atoms with Crippen molar-refractivity contribution in [3.8, 4) is 0 Å². The highest BCUT2D eigenvalue weighted by atomic mass is 32.2. The van der Waals surface area contributed by atoms with Crippen molar-refractivity contribution in [1.29, 1.82) is 0 Å². The van der Waals surface area contributed by atoms with Gasteiger partial charge in [0.1, 0.15) is 36.3 Å². The summed E-state index contributed by atoms with van der Waals surface area (Å²) in [7, 11) is 0. The largest absolute Gasteiger partial charge is 0.459 e. The van der Waals surface area contributed by atoms with Crippen LogP contribution in [0, 0.1) is 17.8 Å². The van der Waals surface area contributed by atoms with Crippen molar-refractivity contribution in [3.63, 3.8) is 0 Å². The number of rotatable bonds is 50. The summed E-state index contributed by atoms with van der Waals surface area (Å²) in [5, 5.41) is 27.8. The van der Waals surface area contributed by atoms with E-state index in [1.165, 1.54) is 30.8 Å². The number of hydrogen-bond donors (Lipinski definition) is 8. The number of ether oxygens (including phenoxy) is 11. The number of epoxide rings is 1. The molecule has 3 aliphatic rings. The van der Waals surface area contributed by atoms with E-state index >= 15 is 0 Å². The molecule has 0 saturated carbocycles. The summed E-state index contributed by atoms with van der Waals surface area (Å²) < 4.78 is 61.8. The molecule has 3 fully saturated rings. The number of allylic oxidation sites excluding steroid dienone is 2. The van der Waals surface area contributed by atoms with Crippen molar-refractivity contribution in [3.05, 3.63) is 65.8 Å². The fraction of sp³-hybridized carbons (Fsp3) is 0.696. The van der Waals surface area contributed by atoms with Gasteiger partial charge in [-0.2, -0.15) is 11.8 Å². The molecular formula is C69H109N7O21S. The Morgan fingerprint density at radius 2 is 1.39 bits per heavy atom. The van der Waals surface area contributed by atoms with Gasteiger partial charge in [-0.15, -0.1) is 0 Å². The SMILES string of the molecule is CSCC(=O)NCCOCCOCCOCCOCCOCCOCCC(=O)N[C@H](C(=O)C[C@@H](CCCNC(N)=O)C(=O)Nc1ccc(COC(=O)NCCCC(=O)C[C@@H]2C[C@@]3(CO3)[C@H](O)[C@@H](/C=C/C(C)=C/C[C@@H]3O[C@H](C)[C@H](NC(=O)/C=C\[C@H](C)OC(C)=O)C[C@@H]3C)O2)cc1)C(C)C. The van der Waals surface area contributed by atoms with Gasteiger partial charge in [0, 0.05) is 76.3 Å². The highest BCUT2D eigenvalue weighted by Crippen LogP contribution is 2.43. The molecule has 98 heavy (non-hydrogen) atoms. The van der Waals surface area contributed by atoms with Gasteiger partial charge in [0.05, 0.1) is 122 Å². The van der Waals surface area contributed by atoms with E-state index in [0.717, 1.165) is 12.0 Å². The molecule has 0 radical (unpaired) electrons. The number of alkyl carbamates (subject to hydrolysis) is 1. The molecule has 7 amide bonds. The normalized spacial score (nSPS) is 21.7. The number of aliphatic hydroxyl groups is 1. The number of anilines is 1. The number of carbonyl (C=O) groups is 9. The van der Waals surface area contributed by atoms with Crippen molar-refractivity contribution in [1.82, 2.24) is 26.6 Å². The monoisotopic (exact) mass is 1400 g/mol. The zero-order valence-electron chi connectivity index (χ0n) is 58.4. The number of urea groups is 1. The molecule has 552 valence electrons. The highest BCUT2D eigenvalue weighted by molar-refractivity contribution is 7.99. The molecule has 3 aliphatic heterocycles. The first-order chi connectivity index (χ1) is 47.0. The number of ketones is 2. The lowest BCUT2D eigenvalue weighted by atomic mass is 9.86. The maximum Gasteiger partial charge on any atom is 0.407 e. The van der Waals surface area contributed by atoms with Crippen LogP contribution < -0.4 is 37.6 Å². The minimum absolute atomic E-state index is 0.00472. The molecule has 4 rings (SSSR count). The van der Waals surface area contributed by atoms with Crippen LogP contribution in [0.25, 0.3) is 0 Å². The summed E-state index contributed by atoms with van der Waals surface area (Å²) in [6.07, 6.45) is 9.64. The first-order valence-corrected chi connectivity index (χ1v) is 35.4. The van der Waals surface area contributed by atoms with Gasteiger partial charge in [-0.25, -0.2) is 9.59 Å². The lowest BCUT2D eigenvalue weighted by Crippen LogP contribution is -2.50. The van der Waals surface area contributed by atoms with Gasteiger partial charge in [-0.05, 0) is 94.7 Å². The van der Waals surface area contributed by atoms with Gasteiger partial charge < -0.3 is 94.8 Å². The van der Waals surface area contributed by atoms with Crippen LogP contribution in [0.5, 0.6) is 0 Å². The van der Waals surface area contributed by atoms with E-state index in [1.807, 2.05) is 26.2 Å². The quantitative estimate of drug-likeness (QED) is 0.0144. The predicted octanol–water partition coefficient (Wildman–Crippen LogP) is 4.71. The molecule has 0 unspecified atom stereocenters. The number of carbonyl (C=O) groups excluding carboxylic acids is 9. The Bertz CT molecular complexity index is 2700. The third-order valence-corrected chi connectivity index (χ3v) is 16.8. The number of amides is 7. The van der Waals surface area contributed by atoms with Gasteiger partial charge in [0.2, 0.25) is 23.6 Å². The van der Waals surface area contributed by atoms with Crippen molar-refractivity contribution in [2.75, 3.05) is 123 Å². The van der Waals surface area contributed by atoms with Crippen molar-refractivity contribution in [2.24, 2.45) is 23.5 Å². The first-order valence-electron chi connectivity index (χ1n) is 34.0. The van der Waals surface area contributed by atoms with E-state index in [9.17, 15) is 48.3 Å². The maximum atomic E-state index is 13.8. The number of Topliss-reactive ketones (excluding diaryl/α,β-unsaturated/α-hetero) is 2. The summed E-state index contributed by atoms with van der Waals surface area (Å²) >= 11 is 1.46. The second-order valence-electron chi connectivity index (χ2n) is 25.0. The van der Waals surface area contributed by atoms with Crippen LogP contribution in [0.2, 0.25) is 0 Å². The second-order valence-corrected chi connectivity index (χ2v) is 25.8. The number of aliphatic hydroxyl groups excluding tert-OH is 1. The van der Waals surface area contributed by atoms with Crippen LogP contribution in [-0.4, -0.2) is 230 Å². The molecule has 0 bridgehead atoms. The molecule has 1 aromatic carbocycles. The van der Waals surface area contributed by atoms with E-state index in [0.29, 0.717) is 115 Å². The molecular weight excluding hydrogens is 1290 g/mol. The molecule has 1 aromatic rings. The predicted molar refractivity (Wildman–Crippen MR) is 366 cm³/mol. The van der Waals surface area contributed by atoms with Crippen molar-refractivity contribution in [2.45, 2.75) is 174 Å². The fourth-order valence-corrected chi connectivity index (χ4v) is 11.1. The molecule has 9 N–H and O–H groups in total. The van der Waals surface area contributed by atoms with Crippen molar-refractivity contribution < 1.29 is 100 Å². The zero-order chi connectivity index (χ0) is 71.7. The maximum absolute atomic E-state index is 13.8. The summed E-state index contributed by atoms with van der Waals surface area (Å²) in [5.41, 5.74) is 6.45. The number of benzene rings is 1. The van der Waals surface area contributed by atoms with Crippen LogP contribution in [0.3, 0.4) is 0 Å². The number of primary amides is 1. The molecule has 3 saturated heterocycles. The van der Waals surface area contributed by atoms with Crippen LogP contribution in [-0.2, 0) is 92.3 Å². The number of nitrogens with two attached hydrogens (primary N) is 1. The van der Waals surface area contributed by atoms with Gasteiger partial charge in [0.25, 0.3) is 0 Å². The Hall–Kier alpha value is -6.38. The molecule has 11 atom stereocenters. The molecule has 28 nitrogen and oxygen atoms in total.